The first-order valence-corrected chi connectivity index (χ1v) is 9.17. The lowest BCUT2D eigenvalue weighted by molar-refractivity contribution is 0.489. The fraction of sp³-hybridized carbons (Fsp3) is 0.176. The fourth-order valence-corrected chi connectivity index (χ4v) is 3.40. The minimum atomic E-state index is 0.646. The van der Waals surface area contributed by atoms with Gasteiger partial charge in [0.1, 0.15) is 5.52 Å². The normalized spacial score (nSPS) is 11.2. The molecule has 4 aromatic rings. The van der Waals surface area contributed by atoms with Crippen LogP contribution in [0.5, 0.6) is 0 Å². The average Bonchev–Trinajstić information content (AvgIpc) is 3.25. The Morgan fingerprint density at radius 1 is 1.12 bits per heavy atom. The van der Waals surface area contributed by atoms with Gasteiger partial charge in [0.2, 0.25) is 0 Å². The van der Waals surface area contributed by atoms with E-state index in [9.17, 15) is 0 Å². The summed E-state index contributed by atoms with van der Waals surface area (Å²) in [5, 5.41) is 13.3. The van der Waals surface area contributed by atoms with Crippen molar-refractivity contribution >= 4 is 34.5 Å². The molecule has 2 heterocycles. The zero-order valence-electron chi connectivity index (χ0n) is 13.2. The molecule has 2 aromatic heterocycles. The molecule has 126 valence electrons. The van der Waals surface area contributed by atoms with Crippen molar-refractivity contribution in [2.75, 3.05) is 5.75 Å². The van der Waals surface area contributed by atoms with Crippen molar-refractivity contribution in [2.24, 2.45) is 0 Å². The summed E-state index contributed by atoms with van der Waals surface area (Å²) in [5.74, 6) is 1.71. The third-order valence-electron chi connectivity index (χ3n) is 3.64. The Hall–Kier alpha value is -2.38. The number of halogens is 1. The first-order chi connectivity index (χ1) is 12.3. The van der Waals surface area contributed by atoms with Crippen LogP contribution >= 0.6 is 23.4 Å². The molecule has 2 aromatic carbocycles. The van der Waals surface area contributed by atoms with Crippen LogP contribution in [-0.2, 0) is 6.42 Å². The summed E-state index contributed by atoms with van der Waals surface area (Å²) in [6.07, 6.45) is 1.69. The van der Waals surface area contributed by atoms with Crippen LogP contribution in [0.3, 0.4) is 0 Å². The van der Waals surface area contributed by atoms with E-state index in [1.807, 2.05) is 42.5 Å². The van der Waals surface area contributed by atoms with E-state index in [0.717, 1.165) is 35.6 Å². The van der Waals surface area contributed by atoms with Crippen LogP contribution in [0.15, 0.2) is 58.2 Å². The summed E-state index contributed by atoms with van der Waals surface area (Å²) < 4.78 is 7.47. The number of tetrazole rings is 1. The van der Waals surface area contributed by atoms with Crippen molar-refractivity contribution in [3.8, 4) is 5.69 Å². The van der Waals surface area contributed by atoms with Gasteiger partial charge in [-0.2, -0.15) is 4.68 Å². The van der Waals surface area contributed by atoms with Gasteiger partial charge in [0.05, 0.1) is 5.69 Å². The number of aromatic nitrogens is 5. The SMILES string of the molecule is Clc1ccc2nc(SCCCc3nnnn3-c3ccccc3)oc2c1. The standard InChI is InChI=1S/C17H14ClN5OS/c18-12-8-9-14-15(11-12)24-17(19-14)25-10-4-7-16-20-21-22-23(16)13-5-2-1-3-6-13/h1-3,5-6,8-9,11H,4,7,10H2. The number of oxazole rings is 1. The highest BCUT2D eigenvalue weighted by Gasteiger charge is 2.10. The number of thioether (sulfide) groups is 1. The van der Waals surface area contributed by atoms with Gasteiger partial charge < -0.3 is 4.42 Å². The number of nitrogens with zero attached hydrogens (tertiary/aromatic N) is 5. The number of hydrogen-bond donors (Lipinski definition) is 0. The summed E-state index contributed by atoms with van der Waals surface area (Å²) in [6.45, 7) is 0. The van der Waals surface area contributed by atoms with Crippen LogP contribution in [0.1, 0.15) is 12.2 Å². The molecule has 0 unspecified atom stereocenters. The van der Waals surface area contributed by atoms with Gasteiger partial charge in [-0.05, 0) is 41.1 Å². The van der Waals surface area contributed by atoms with Gasteiger partial charge in [-0.25, -0.2) is 4.98 Å². The van der Waals surface area contributed by atoms with E-state index in [1.165, 1.54) is 0 Å². The maximum Gasteiger partial charge on any atom is 0.256 e. The lowest BCUT2D eigenvalue weighted by atomic mass is 10.3. The topological polar surface area (TPSA) is 69.6 Å². The smallest absolute Gasteiger partial charge is 0.256 e. The summed E-state index contributed by atoms with van der Waals surface area (Å²) in [6, 6.07) is 15.3. The number of rotatable bonds is 6. The predicted molar refractivity (Wildman–Crippen MR) is 97.2 cm³/mol. The minimum Gasteiger partial charge on any atom is -0.431 e. The Morgan fingerprint density at radius 2 is 2.00 bits per heavy atom. The molecule has 0 aliphatic carbocycles. The van der Waals surface area contributed by atoms with Crippen molar-refractivity contribution in [3.63, 3.8) is 0 Å². The summed E-state index contributed by atoms with van der Waals surface area (Å²) in [5.41, 5.74) is 2.49. The van der Waals surface area contributed by atoms with E-state index in [4.69, 9.17) is 16.0 Å². The van der Waals surface area contributed by atoms with Crippen LogP contribution < -0.4 is 0 Å². The lowest BCUT2D eigenvalue weighted by Gasteiger charge is -2.03. The van der Waals surface area contributed by atoms with Gasteiger partial charge in [0.15, 0.2) is 11.4 Å². The lowest BCUT2D eigenvalue weighted by Crippen LogP contribution is -2.03. The van der Waals surface area contributed by atoms with Gasteiger partial charge >= 0.3 is 0 Å². The molecular weight excluding hydrogens is 358 g/mol. The summed E-state index contributed by atoms with van der Waals surface area (Å²) in [4.78, 5) is 4.45. The summed E-state index contributed by atoms with van der Waals surface area (Å²) in [7, 11) is 0. The first kappa shape index (κ1) is 16.1. The van der Waals surface area contributed by atoms with Crippen molar-refractivity contribution in [1.82, 2.24) is 25.2 Å². The van der Waals surface area contributed by atoms with Gasteiger partial charge in [-0.15, -0.1) is 5.10 Å². The third kappa shape index (κ3) is 3.67. The zero-order chi connectivity index (χ0) is 17.1. The molecule has 0 amide bonds. The van der Waals surface area contributed by atoms with Gasteiger partial charge in [0, 0.05) is 23.3 Å². The highest BCUT2D eigenvalue weighted by molar-refractivity contribution is 7.99. The quantitative estimate of drug-likeness (QED) is 0.374. The number of para-hydroxylation sites is 1. The molecule has 0 saturated heterocycles. The van der Waals surface area contributed by atoms with E-state index in [2.05, 4.69) is 20.5 Å². The molecule has 0 N–H and O–H groups in total. The Labute approximate surface area is 153 Å². The van der Waals surface area contributed by atoms with Crippen molar-refractivity contribution in [2.45, 2.75) is 18.1 Å². The molecule has 0 saturated carbocycles. The molecule has 0 radical (unpaired) electrons. The molecule has 25 heavy (non-hydrogen) atoms. The first-order valence-electron chi connectivity index (χ1n) is 7.81. The maximum absolute atomic E-state index is 5.96. The molecule has 0 atom stereocenters. The maximum atomic E-state index is 5.96. The second-order valence-electron chi connectivity index (χ2n) is 5.39. The molecule has 4 rings (SSSR count). The molecule has 6 nitrogen and oxygen atoms in total. The van der Waals surface area contributed by atoms with Gasteiger partial charge in [-0.1, -0.05) is 41.6 Å². The van der Waals surface area contributed by atoms with Crippen LogP contribution in [0.25, 0.3) is 16.8 Å². The molecule has 0 aliphatic rings. The van der Waals surface area contributed by atoms with E-state index in [-0.39, 0.29) is 0 Å². The number of fused-ring (bicyclic) bond motifs is 1. The van der Waals surface area contributed by atoms with E-state index < -0.39 is 0 Å². The van der Waals surface area contributed by atoms with E-state index >= 15 is 0 Å². The summed E-state index contributed by atoms with van der Waals surface area (Å²) >= 11 is 7.54. The highest BCUT2D eigenvalue weighted by atomic mass is 35.5. The molecular formula is C17H14ClN5OS. The zero-order valence-corrected chi connectivity index (χ0v) is 14.7. The molecule has 0 bridgehead atoms. The molecule has 8 heteroatoms. The Bertz CT molecular complexity index is 985. The molecule has 0 aliphatic heterocycles. The number of benzene rings is 2. The second-order valence-corrected chi connectivity index (χ2v) is 6.87. The Morgan fingerprint density at radius 3 is 2.88 bits per heavy atom. The van der Waals surface area contributed by atoms with Crippen LogP contribution in [0.4, 0.5) is 0 Å². The molecule has 0 spiro atoms. The van der Waals surface area contributed by atoms with Crippen molar-refractivity contribution in [1.29, 1.82) is 0 Å². The van der Waals surface area contributed by atoms with Gasteiger partial charge in [-0.3, -0.25) is 0 Å². The van der Waals surface area contributed by atoms with Crippen LogP contribution in [0.2, 0.25) is 5.02 Å². The van der Waals surface area contributed by atoms with Crippen molar-refractivity contribution in [3.05, 3.63) is 59.4 Å². The molecule has 0 fully saturated rings. The monoisotopic (exact) mass is 371 g/mol. The second kappa shape index (κ2) is 7.25. The third-order valence-corrected chi connectivity index (χ3v) is 4.79. The van der Waals surface area contributed by atoms with Gasteiger partial charge in [0.25, 0.3) is 5.22 Å². The number of hydrogen-bond acceptors (Lipinski definition) is 6. The van der Waals surface area contributed by atoms with E-state index in [0.29, 0.717) is 15.8 Å². The van der Waals surface area contributed by atoms with Crippen LogP contribution in [-0.4, -0.2) is 30.9 Å². The van der Waals surface area contributed by atoms with Crippen LogP contribution in [0, 0.1) is 0 Å². The largest absolute Gasteiger partial charge is 0.431 e. The minimum absolute atomic E-state index is 0.646. The highest BCUT2D eigenvalue weighted by Crippen LogP contribution is 2.26. The Kier molecular flexibility index (Phi) is 4.67. The van der Waals surface area contributed by atoms with Crippen molar-refractivity contribution < 1.29 is 4.42 Å². The number of aryl methyl sites for hydroxylation is 1. The predicted octanol–water partition coefficient (Wildman–Crippen LogP) is 4.18. The fourth-order valence-electron chi connectivity index (χ4n) is 2.46. The van der Waals surface area contributed by atoms with E-state index in [1.54, 1.807) is 22.5 Å². The average molecular weight is 372 g/mol. The Balaban J connectivity index is 1.36.